The maximum atomic E-state index is 12.4. The zero-order valence-corrected chi connectivity index (χ0v) is 11.5. The normalized spacial score (nSPS) is 20.2. The standard InChI is InChI=1S/C14H28N2O/c1-3-5-7-12(8-6-4-2)14(17)16-10-9-13(15)11-16/h12-13H,3-11,15H2,1-2H3/t13-/m1/s1. The van der Waals surface area contributed by atoms with Gasteiger partial charge in [-0.15, -0.1) is 0 Å². The summed E-state index contributed by atoms with van der Waals surface area (Å²) in [6, 6.07) is 0.206. The molecule has 1 saturated heterocycles. The number of hydrogen-bond acceptors (Lipinski definition) is 2. The minimum absolute atomic E-state index is 0.206. The lowest BCUT2D eigenvalue weighted by Crippen LogP contribution is -2.36. The number of likely N-dealkylation sites (tertiary alicyclic amines) is 1. The Morgan fingerprint density at radius 2 is 1.88 bits per heavy atom. The molecule has 1 heterocycles. The van der Waals surface area contributed by atoms with E-state index in [1.807, 2.05) is 4.90 Å². The van der Waals surface area contributed by atoms with Gasteiger partial charge in [0.1, 0.15) is 0 Å². The van der Waals surface area contributed by atoms with Crippen LogP contribution < -0.4 is 5.73 Å². The maximum absolute atomic E-state index is 12.4. The van der Waals surface area contributed by atoms with Crippen LogP contribution in [0.2, 0.25) is 0 Å². The van der Waals surface area contributed by atoms with Crippen molar-refractivity contribution in [3.8, 4) is 0 Å². The first-order valence-corrected chi connectivity index (χ1v) is 7.23. The van der Waals surface area contributed by atoms with E-state index in [1.165, 1.54) is 25.7 Å². The maximum Gasteiger partial charge on any atom is 0.225 e. The molecular formula is C14H28N2O. The second kappa shape index (κ2) is 7.70. The summed E-state index contributed by atoms with van der Waals surface area (Å²) in [6.07, 6.45) is 7.77. The van der Waals surface area contributed by atoms with Crippen molar-refractivity contribution >= 4 is 5.91 Å². The summed E-state index contributed by atoms with van der Waals surface area (Å²) in [5, 5.41) is 0. The molecule has 0 aromatic heterocycles. The van der Waals surface area contributed by atoms with Crippen molar-refractivity contribution < 1.29 is 4.79 Å². The summed E-state index contributed by atoms with van der Waals surface area (Å²) in [7, 11) is 0. The van der Waals surface area contributed by atoms with Gasteiger partial charge in [-0.1, -0.05) is 39.5 Å². The van der Waals surface area contributed by atoms with Crippen molar-refractivity contribution in [2.45, 2.75) is 64.8 Å². The first-order chi connectivity index (χ1) is 8.19. The zero-order valence-electron chi connectivity index (χ0n) is 11.5. The van der Waals surface area contributed by atoms with E-state index >= 15 is 0 Å². The molecule has 17 heavy (non-hydrogen) atoms. The van der Waals surface area contributed by atoms with Gasteiger partial charge in [0, 0.05) is 25.0 Å². The first-order valence-electron chi connectivity index (χ1n) is 7.23. The molecule has 1 aliphatic rings. The molecule has 0 spiro atoms. The van der Waals surface area contributed by atoms with E-state index in [0.717, 1.165) is 32.4 Å². The molecule has 0 aromatic carbocycles. The molecule has 3 nitrogen and oxygen atoms in total. The predicted octanol–water partition coefficient (Wildman–Crippen LogP) is 2.54. The van der Waals surface area contributed by atoms with Crippen molar-refractivity contribution in [1.82, 2.24) is 4.90 Å². The third-order valence-electron chi connectivity index (χ3n) is 3.70. The van der Waals surface area contributed by atoms with Gasteiger partial charge >= 0.3 is 0 Å². The molecule has 0 unspecified atom stereocenters. The Kier molecular flexibility index (Phi) is 6.56. The lowest BCUT2D eigenvalue weighted by molar-refractivity contribution is -0.135. The summed E-state index contributed by atoms with van der Waals surface area (Å²) in [4.78, 5) is 14.4. The Balaban J connectivity index is 2.45. The lowest BCUT2D eigenvalue weighted by atomic mass is 9.94. The molecule has 0 aliphatic carbocycles. The molecule has 100 valence electrons. The Morgan fingerprint density at radius 3 is 2.29 bits per heavy atom. The highest BCUT2D eigenvalue weighted by Gasteiger charge is 2.28. The molecule has 1 fully saturated rings. The summed E-state index contributed by atoms with van der Waals surface area (Å²) in [5.41, 5.74) is 5.87. The highest BCUT2D eigenvalue weighted by atomic mass is 16.2. The average molecular weight is 240 g/mol. The van der Waals surface area contributed by atoms with E-state index in [-0.39, 0.29) is 12.0 Å². The number of carbonyl (C=O) groups is 1. The van der Waals surface area contributed by atoms with Gasteiger partial charge in [0.05, 0.1) is 0 Å². The van der Waals surface area contributed by atoms with Crippen LogP contribution in [0, 0.1) is 5.92 Å². The van der Waals surface area contributed by atoms with Gasteiger partial charge in [-0.05, 0) is 19.3 Å². The molecule has 3 heteroatoms. The average Bonchev–Trinajstić information content (AvgIpc) is 2.75. The van der Waals surface area contributed by atoms with E-state index < -0.39 is 0 Å². The second-order valence-corrected chi connectivity index (χ2v) is 5.31. The largest absolute Gasteiger partial charge is 0.341 e. The number of carbonyl (C=O) groups excluding carboxylic acids is 1. The topological polar surface area (TPSA) is 46.3 Å². The van der Waals surface area contributed by atoms with Crippen LogP contribution in [-0.4, -0.2) is 29.9 Å². The molecule has 1 rings (SSSR count). The van der Waals surface area contributed by atoms with Crippen LogP contribution in [0.15, 0.2) is 0 Å². The Hall–Kier alpha value is -0.570. The Labute approximate surface area is 106 Å². The molecule has 0 saturated carbocycles. The molecule has 1 amide bonds. The Bertz CT molecular complexity index is 222. The first kappa shape index (κ1) is 14.5. The van der Waals surface area contributed by atoms with E-state index in [9.17, 15) is 4.79 Å². The highest BCUT2D eigenvalue weighted by Crippen LogP contribution is 2.21. The predicted molar refractivity (Wildman–Crippen MR) is 71.7 cm³/mol. The molecule has 0 radical (unpaired) electrons. The van der Waals surface area contributed by atoms with Gasteiger partial charge in [-0.3, -0.25) is 4.79 Å². The molecular weight excluding hydrogens is 212 g/mol. The number of unbranched alkanes of at least 4 members (excludes halogenated alkanes) is 2. The van der Waals surface area contributed by atoms with Crippen molar-refractivity contribution in [2.75, 3.05) is 13.1 Å². The van der Waals surface area contributed by atoms with Crippen LogP contribution in [0.25, 0.3) is 0 Å². The number of amides is 1. The van der Waals surface area contributed by atoms with Gasteiger partial charge in [-0.2, -0.15) is 0 Å². The van der Waals surface area contributed by atoms with Crippen LogP contribution in [0.4, 0.5) is 0 Å². The number of rotatable bonds is 7. The summed E-state index contributed by atoms with van der Waals surface area (Å²) >= 11 is 0. The van der Waals surface area contributed by atoms with Gasteiger partial charge in [-0.25, -0.2) is 0 Å². The summed E-state index contributed by atoms with van der Waals surface area (Å²) in [5.74, 6) is 0.611. The minimum Gasteiger partial charge on any atom is -0.341 e. The van der Waals surface area contributed by atoms with Crippen molar-refractivity contribution in [2.24, 2.45) is 11.7 Å². The van der Waals surface area contributed by atoms with Crippen molar-refractivity contribution in [3.63, 3.8) is 0 Å². The number of hydrogen-bond donors (Lipinski definition) is 1. The summed E-state index contributed by atoms with van der Waals surface area (Å²) < 4.78 is 0. The van der Waals surface area contributed by atoms with Crippen LogP contribution in [0.5, 0.6) is 0 Å². The number of nitrogens with two attached hydrogens (primary N) is 1. The van der Waals surface area contributed by atoms with Gasteiger partial charge in [0.2, 0.25) is 5.91 Å². The monoisotopic (exact) mass is 240 g/mol. The van der Waals surface area contributed by atoms with E-state index in [4.69, 9.17) is 5.73 Å². The van der Waals surface area contributed by atoms with Crippen molar-refractivity contribution in [3.05, 3.63) is 0 Å². The van der Waals surface area contributed by atoms with E-state index in [0.29, 0.717) is 5.91 Å². The summed E-state index contributed by atoms with van der Waals surface area (Å²) in [6.45, 7) is 6.02. The zero-order chi connectivity index (χ0) is 12.7. The van der Waals surface area contributed by atoms with E-state index in [1.54, 1.807) is 0 Å². The fraction of sp³-hybridized carbons (Fsp3) is 0.929. The Morgan fingerprint density at radius 1 is 1.29 bits per heavy atom. The van der Waals surface area contributed by atoms with Crippen LogP contribution in [0.3, 0.4) is 0 Å². The van der Waals surface area contributed by atoms with Crippen LogP contribution in [-0.2, 0) is 4.79 Å². The van der Waals surface area contributed by atoms with Crippen LogP contribution >= 0.6 is 0 Å². The molecule has 1 atom stereocenters. The van der Waals surface area contributed by atoms with Gasteiger partial charge < -0.3 is 10.6 Å². The third kappa shape index (κ3) is 4.66. The lowest BCUT2D eigenvalue weighted by Gasteiger charge is -2.23. The number of nitrogens with zero attached hydrogens (tertiary/aromatic N) is 1. The SMILES string of the molecule is CCCCC(CCCC)C(=O)N1CC[C@@H](N)C1. The quantitative estimate of drug-likeness (QED) is 0.743. The minimum atomic E-state index is 0.206. The fourth-order valence-electron chi connectivity index (χ4n) is 2.54. The fourth-order valence-corrected chi connectivity index (χ4v) is 2.54. The molecule has 0 aromatic rings. The third-order valence-corrected chi connectivity index (χ3v) is 3.70. The van der Waals surface area contributed by atoms with Gasteiger partial charge in [0.25, 0.3) is 0 Å². The van der Waals surface area contributed by atoms with Crippen molar-refractivity contribution in [1.29, 1.82) is 0 Å². The van der Waals surface area contributed by atoms with Gasteiger partial charge in [0.15, 0.2) is 0 Å². The molecule has 1 aliphatic heterocycles. The smallest absolute Gasteiger partial charge is 0.225 e. The van der Waals surface area contributed by atoms with E-state index in [2.05, 4.69) is 13.8 Å². The second-order valence-electron chi connectivity index (χ2n) is 5.31. The highest BCUT2D eigenvalue weighted by molar-refractivity contribution is 5.79. The van der Waals surface area contributed by atoms with Crippen LogP contribution in [0.1, 0.15) is 58.8 Å². The molecule has 0 bridgehead atoms. The molecule has 2 N–H and O–H groups in total.